The highest BCUT2D eigenvalue weighted by atomic mass is 16.5. The van der Waals surface area contributed by atoms with Crippen LogP contribution in [0.15, 0.2) is 18.7 Å². The minimum absolute atomic E-state index is 0.0293. The monoisotopic (exact) mass is 316 g/mol. The molecule has 1 aromatic carbocycles. The Kier molecular flexibility index (Phi) is 3.85. The average molecular weight is 316 g/mol. The molecule has 0 saturated carbocycles. The molecule has 0 unspecified atom stereocenters. The molecule has 3 atom stereocenters. The van der Waals surface area contributed by atoms with Gasteiger partial charge in [-0.15, -0.1) is 6.58 Å². The van der Waals surface area contributed by atoms with Crippen LogP contribution in [0.5, 0.6) is 5.75 Å². The summed E-state index contributed by atoms with van der Waals surface area (Å²) < 4.78 is 5.75. The Morgan fingerprint density at radius 2 is 2.00 bits per heavy atom. The Labute approximate surface area is 139 Å². The van der Waals surface area contributed by atoms with E-state index in [-0.39, 0.29) is 17.3 Å². The van der Waals surface area contributed by atoms with Crippen molar-refractivity contribution in [1.29, 1.82) is 0 Å². The molecular formula is C20H28O3. The maximum absolute atomic E-state index is 10.9. The van der Waals surface area contributed by atoms with Gasteiger partial charge in [0.2, 0.25) is 0 Å². The summed E-state index contributed by atoms with van der Waals surface area (Å²) in [5.41, 5.74) is 3.69. The van der Waals surface area contributed by atoms with E-state index in [2.05, 4.69) is 20.4 Å². The summed E-state index contributed by atoms with van der Waals surface area (Å²) in [6, 6.07) is 1.90. The molecule has 3 rings (SSSR count). The van der Waals surface area contributed by atoms with Gasteiger partial charge < -0.3 is 14.9 Å². The Bertz CT molecular complexity index is 647. The number of hydrogen-bond acceptors (Lipinski definition) is 3. The predicted molar refractivity (Wildman–Crippen MR) is 91.7 cm³/mol. The quantitative estimate of drug-likeness (QED) is 0.799. The first-order valence-corrected chi connectivity index (χ1v) is 8.48. The molecular weight excluding hydrogens is 288 g/mol. The van der Waals surface area contributed by atoms with Gasteiger partial charge in [-0.2, -0.15) is 0 Å². The van der Waals surface area contributed by atoms with Crippen molar-refractivity contribution in [3.8, 4) is 5.75 Å². The van der Waals surface area contributed by atoms with Crippen LogP contribution in [0.4, 0.5) is 0 Å². The Morgan fingerprint density at radius 1 is 1.30 bits per heavy atom. The molecule has 1 aromatic rings. The largest absolute Gasteiger partial charge is 0.508 e. The van der Waals surface area contributed by atoms with Crippen molar-refractivity contribution in [2.45, 2.75) is 64.1 Å². The van der Waals surface area contributed by atoms with Crippen molar-refractivity contribution in [3.63, 3.8) is 0 Å². The SMILES string of the molecule is C=C[C@@]1(C)C[C@H](O)c2c3c(cc(O)c2[C@H]1OC)C(C)(C)CCC3. The molecule has 3 heteroatoms. The number of phenolic OH excluding ortho intramolecular Hbond substituents is 1. The van der Waals surface area contributed by atoms with Crippen molar-refractivity contribution in [3.05, 3.63) is 41.0 Å². The average Bonchev–Trinajstić information content (AvgIpc) is 2.48. The van der Waals surface area contributed by atoms with Crippen LogP contribution < -0.4 is 0 Å². The van der Waals surface area contributed by atoms with Gasteiger partial charge in [0.25, 0.3) is 0 Å². The minimum atomic E-state index is -0.589. The highest BCUT2D eigenvalue weighted by molar-refractivity contribution is 5.56. The van der Waals surface area contributed by atoms with Gasteiger partial charge in [-0.25, -0.2) is 0 Å². The molecule has 0 aromatic heterocycles. The Morgan fingerprint density at radius 3 is 2.61 bits per heavy atom. The van der Waals surface area contributed by atoms with Gasteiger partial charge in [0.15, 0.2) is 0 Å². The van der Waals surface area contributed by atoms with Crippen molar-refractivity contribution in [1.82, 2.24) is 0 Å². The Hall–Kier alpha value is -1.32. The number of aliphatic hydroxyl groups excluding tert-OH is 1. The van der Waals surface area contributed by atoms with E-state index in [1.54, 1.807) is 7.11 Å². The van der Waals surface area contributed by atoms with E-state index in [0.717, 1.165) is 30.4 Å². The number of hydrogen-bond donors (Lipinski definition) is 2. The predicted octanol–water partition coefficient (Wildman–Crippen LogP) is 4.32. The molecule has 0 spiro atoms. The fourth-order valence-electron chi connectivity index (χ4n) is 4.65. The van der Waals surface area contributed by atoms with E-state index < -0.39 is 11.5 Å². The van der Waals surface area contributed by atoms with Crippen LogP contribution in [0.25, 0.3) is 0 Å². The van der Waals surface area contributed by atoms with Crippen LogP contribution >= 0.6 is 0 Å². The lowest BCUT2D eigenvalue weighted by Crippen LogP contribution is -2.35. The maximum atomic E-state index is 10.9. The van der Waals surface area contributed by atoms with E-state index in [1.165, 1.54) is 11.1 Å². The van der Waals surface area contributed by atoms with Crippen molar-refractivity contribution in [2.75, 3.05) is 7.11 Å². The van der Waals surface area contributed by atoms with E-state index >= 15 is 0 Å². The lowest BCUT2D eigenvalue weighted by Gasteiger charge is -2.45. The third-order valence-electron chi connectivity index (χ3n) is 5.98. The zero-order valence-electron chi connectivity index (χ0n) is 14.6. The minimum Gasteiger partial charge on any atom is -0.508 e. The molecule has 0 bridgehead atoms. The number of benzene rings is 1. The number of fused-ring (bicyclic) bond motifs is 3. The second-order valence-corrected chi connectivity index (χ2v) is 8.03. The van der Waals surface area contributed by atoms with Crippen LogP contribution in [-0.2, 0) is 16.6 Å². The molecule has 2 N–H and O–H groups in total. The van der Waals surface area contributed by atoms with Crippen molar-refractivity contribution >= 4 is 0 Å². The van der Waals surface area contributed by atoms with E-state index in [0.29, 0.717) is 6.42 Å². The highest BCUT2D eigenvalue weighted by Gasteiger charge is 2.46. The van der Waals surface area contributed by atoms with Crippen molar-refractivity contribution < 1.29 is 14.9 Å². The standard InChI is InChI=1S/C20H28O3/c1-6-20(4)11-15(22)16-12-8-7-9-19(2,3)13(12)10-14(21)17(16)18(20)23-5/h6,10,15,18,21-22H,1,7-9,11H2,2-5H3/t15-,18+,20-/m0/s1. The van der Waals surface area contributed by atoms with Crippen LogP contribution in [0.3, 0.4) is 0 Å². The third kappa shape index (κ3) is 2.33. The fraction of sp³-hybridized carbons (Fsp3) is 0.600. The fourth-order valence-corrected chi connectivity index (χ4v) is 4.65. The smallest absolute Gasteiger partial charge is 0.122 e. The van der Waals surface area contributed by atoms with E-state index in [1.807, 2.05) is 19.1 Å². The van der Waals surface area contributed by atoms with Crippen LogP contribution in [0.2, 0.25) is 0 Å². The molecule has 126 valence electrons. The molecule has 0 radical (unpaired) electrons. The van der Waals surface area contributed by atoms with Gasteiger partial charge >= 0.3 is 0 Å². The summed E-state index contributed by atoms with van der Waals surface area (Å²) in [7, 11) is 1.66. The number of rotatable bonds is 2. The van der Waals surface area contributed by atoms with Gasteiger partial charge in [-0.3, -0.25) is 0 Å². The number of ether oxygens (including phenoxy) is 1. The van der Waals surface area contributed by atoms with Gasteiger partial charge in [0.05, 0.1) is 12.2 Å². The van der Waals surface area contributed by atoms with Crippen LogP contribution in [0, 0.1) is 5.41 Å². The first-order chi connectivity index (χ1) is 10.7. The number of phenols is 1. The zero-order valence-corrected chi connectivity index (χ0v) is 14.6. The zero-order chi connectivity index (χ0) is 17.0. The first kappa shape index (κ1) is 16.5. The van der Waals surface area contributed by atoms with Gasteiger partial charge in [-0.05, 0) is 53.9 Å². The second kappa shape index (κ2) is 5.35. The molecule has 0 fully saturated rings. The van der Waals surface area contributed by atoms with Gasteiger partial charge in [0, 0.05) is 18.1 Å². The van der Waals surface area contributed by atoms with Crippen molar-refractivity contribution in [2.24, 2.45) is 5.41 Å². The number of aromatic hydroxyl groups is 1. The summed E-state index contributed by atoms with van der Waals surface area (Å²) in [5.74, 6) is 0.243. The summed E-state index contributed by atoms with van der Waals surface area (Å²) >= 11 is 0. The first-order valence-electron chi connectivity index (χ1n) is 8.48. The molecule has 0 amide bonds. The lowest BCUT2D eigenvalue weighted by atomic mass is 9.64. The molecule has 3 nitrogen and oxygen atoms in total. The van der Waals surface area contributed by atoms with Crippen LogP contribution in [-0.4, -0.2) is 17.3 Å². The van der Waals surface area contributed by atoms with Gasteiger partial charge in [-0.1, -0.05) is 26.8 Å². The summed E-state index contributed by atoms with van der Waals surface area (Å²) in [5, 5.41) is 21.6. The summed E-state index contributed by atoms with van der Waals surface area (Å²) in [4.78, 5) is 0. The molecule has 0 saturated heterocycles. The Balaban J connectivity index is 2.30. The second-order valence-electron chi connectivity index (χ2n) is 8.03. The molecule has 23 heavy (non-hydrogen) atoms. The molecule has 0 heterocycles. The van der Waals surface area contributed by atoms with Gasteiger partial charge in [0.1, 0.15) is 5.75 Å². The van der Waals surface area contributed by atoms with E-state index in [9.17, 15) is 10.2 Å². The molecule has 2 aliphatic rings. The summed E-state index contributed by atoms with van der Waals surface area (Å²) in [6.07, 6.45) is 4.71. The molecule has 0 aliphatic heterocycles. The highest BCUT2D eigenvalue weighted by Crippen LogP contribution is 2.56. The topological polar surface area (TPSA) is 49.7 Å². The maximum Gasteiger partial charge on any atom is 0.122 e. The number of aliphatic hydroxyl groups is 1. The van der Waals surface area contributed by atoms with Crippen LogP contribution in [0.1, 0.15) is 74.5 Å². The number of methoxy groups -OCH3 is 1. The summed E-state index contributed by atoms with van der Waals surface area (Å²) in [6.45, 7) is 10.4. The van der Waals surface area contributed by atoms with E-state index in [4.69, 9.17) is 4.74 Å². The normalized spacial score (nSPS) is 32.0. The lowest BCUT2D eigenvalue weighted by molar-refractivity contribution is -0.0261. The molecule has 2 aliphatic carbocycles. The third-order valence-corrected chi connectivity index (χ3v) is 5.98.